The van der Waals surface area contributed by atoms with Crippen molar-refractivity contribution in [3.8, 4) is 17.2 Å². The van der Waals surface area contributed by atoms with Crippen LogP contribution in [0, 0.1) is 6.92 Å². The van der Waals surface area contributed by atoms with Crippen LogP contribution in [-0.4, -0.2) is 35.9 Å². The van der Waals surface area contributed by atoms with Crippen molar-refractivity contribution in [1.82, 2.24) is 4.98 Å². The highest BCUT2D eigenvalue weighted by Crippen LogP contribution is 2.34. The Kier molecular flexibility index (Phi) is 5.59. The van der Waals surface area contributed by atoms with E-state index in [0.29, 0.717) is 30.1 Å². The van der Waals surface area contributed by atoms with Crippen LogP contribution < -0.4 is 4.74 Å². The van der Waals surface area contributed by atoms with Crippen LogP contribution in [0.1, 0.15) is 19.8 Å². The van der Waals surface area contributed by atoms with Crippen molar-refractivity contribution in [2.45, 2.75) is 25.9 Å². The molecule has 7 heteroatoms. The summed E-state index contributed by atoms with van der Waals surface area (Å²) in [5, 5.41) is 12.2. The zero-order chi connectivity index (χ0) is 23.5. The Morgan fingerprint density at radius 3 is 2.84 bits per heavy atom. The fourth-order valence-electron chi connectivity index (χ4n) is 3.35. The van der Waals surface area contributed by atoms with Gasteiger partial charge < -0.3 is 19.0 Å². The average Bonchev–Trinajstić information content (AvgIpc) is 3.40. The van der Waals surface area contributed by atoms with E-state index >= 15 is 0 Å². The van der Waals surface area contributed by atoms with Gasteiger partial charge in [-0.05, 0) is 42.1 Å². The molecule has 0 radical (unpaired) electrons. The molecule has 4 aromatic rings. The smallest absolute Gasteiger partial charge is 0.333 e. The van der Waals surface area contributed by atoms with Crippen LogP contribution in [0.2, 0.25) is 0 Å². The summed E-state index contributed by atoms with van der Waals surface area (Å²) in [4.78, 5) is 15.8. The van der Waals surface area contributed by atoms with E-state index in [2.05, 4.69) is 4.98 Å². The highest BCUT2D eigenvalue weighted by Gasteiger charge is 2.19. The molecule has 2 heterocycles. The van der Waals surface area contributed by atoms with E-state index in [1.54, 1.807) is 18.2 Å². The van der Waals surface area contributed by atoms with Crippen LogP contribution in [-0.2, 0) is 22.4 Å². The van der Waals surface area contributed by atoms with Gasteiger partial charge in [0.1, 0.15) is 11.5 Å². The van der Waals surface area contributed by atoms with Crippen molar-refractivity contribution >= 4 is 27.4 Å². The van der Waals surface area contributed by atoms with Crippen molar-refractivity contribution < 1.29 is 26.5 Å². The quantitative estimate of drug-likeness (QED) is 0.389. The van der Waals surface area contributed by atoms with Gasteiger partial charge in [0.2, 0.25) is 5.89 Å². The first-order valence-corrected chi connectivity index (χ1v) is 10.7. The van der Waals surface area contributed by atoms with Crippen LogP contribution in [0.15, 0.2) is 58.3 Å². The number of rotatable bonds is 9. The van der Waals surface area contributed by atoms with Gasteiger partial charge in [0.15, 0.2) is 6.10 Å². The van der Waals surface area contributed by atoms with Crippen LogP contribution in [0.5, 0.6) is 5.75 Å². The summed E-state index contributed by atoms with van der Waals surface area (Å²) in [5.41, 5.74) is 1.99. The van der Waals surface area contributed by atoms with Crippen LogP contribution in [0.3, 0.4) is 0 Å². The fourth-order valence-corrected chi connectivity index (χ4v) is 4.29. The molecule has 0 saturated heterocycles. The van der Waals surface area contributed by atoms with Crippen LogP contribution >= 0.6 is 11.3 Å². The number of hydrogen-bond acceptors (Lipinski definition) is 6. The number of aryl methyl sites for hydroxylation is 1. The number of nitrogens with zero attached hydrogens (tertiary/aromatic N) is 1. The lowest BCUT2D eigenvalue weighted by molar-refractivity contribution is -0.148. The minimum Gasteiger partial charge on any atom is -0.493 e. The molecule has 0 saturated carbocycles. The zero-order valence-electron chi connectivity index (χ0n) is 19.2. The number of methoxy groups -OCH3 is 1. The fraction of sp³-hybridized carbons (Fsp3) is 0.250. The van der Waals surface area contributed by atoms with Crippen molar-refractivity contribution in [1.29, 1.82) is 0 Å². The third-order valence-electron chi connectivity index (χ3n) is 4.97. The molecular weight excluding hydrogens is 414 g/mol. The maximum Gasteiger partial charge on any atom is 0.333 e. The molecular formula is C24H23NO5S. The van der Waals surface area contributed by atoms with E-state index < -0.39 is 12.1 Å². The number of thiophene rings is 1. The number of carboxylic acid groups (broad SMARTS) is 1. The van der Waals surface area contributed by atoms with Gasteiger partial charge in [-0.2, -0.15) is 0 Å². The average molecular weight is 440 g/mol. The third-order valence-corrected chi connectivity index (χ3v) is 5.96. The summed E-state index contributed by atoms with van der Waals surface area (Å²) in [6.45, 7) is 2.17. The largest absolute Gasteiger partial charge is 0.493 e. The number of carbonyl (C=O) groups is 1. The summed E-state index contributed by atoms with van der Waals surface area (Å²) in [5.74, 6) is 0.626. The van der Waals surface area contributed by atoms with E-state index in [-0.39, 0.29) is 24.4 Å². The summed E-state index contributed by atoms with van der Waals surface area (Å²) < 4.78 is 33.9. The minimum absolute atomic E-state index is 0.199. The van der Waals surface area contributed by atoms with Gasteiger partial charge in [-0.15, -0.1) is 11.3 Å². The first-order valence-electron chi connectivity index (χ1n) is 10.8. The molecule has 0 unspecified atom stereocenters. The van der Waals surface area contributed by atoms with Gasteiger partial charge >= 0.3 is 5.97 Å². The van der Waals surface area contributed by atoms with Crippen molar-refractivity contribution in [2.75, 3.05) is 13.7 Å². The van der Waals surface area contributed by atoms with Crippen LogP contribution in [0.25, 0.3) is 21.5 Å². The summed E-state index contributed by atoms with van der Waals surface area (Å²) >= 11 is 1.54. The molecule has 0 fully saturated rings. The lowest BCUT2D eigenvalue weighted by Crippen LogP contribution is -2.24. The standard InChI is InChI=1S/C24H23NO5S/c1-15-19(25-23(30-15)16-6-4-3-5-7-16)10-12-29-20-9-8-17(14-21(28-2)24(26)27)22-18(20)11-13-31-22/h3-9,11,13,21H,10,12,14H2,1-2H3,(H,26,27)/t21-/m0/s1/i6D,7D. The first-order chi connectivity index (χ1) is 15.9. The number of ether oxygens (including phenoxy) is 2. The Morgan fingerprint density at radius 2 is 2.10 bits per heavy atom. The molecule has 0 aliphatic heterocycles. The molecule has 0 amide bonds. The maximum absolute atomic E-state index is 11.3. The van der Waals surface area contributed by atoms with Crippen molar-refractivity contribution in [2.24, 2.45) is 0 Å². The van der Waals surface area contributed by atoms with E-state index in [0.717, 1.165) is 21.3 Å². The number of aromatic nitrogens is 1. The lowest BCUT2D eigenvalue weighted by Gasteiger charge is -2.13. The van der Waals surface area contributed by atoms with E-state index in [1.165, 1.54) is 18.4 Å². The number of benzene rings is 2. The molecule has 0 bridgehead atoms. The van der Waals surface area contributed by atoms with Gasteiger partial charge in [-0.3, -0.25) is 0 Å². The van der Waals surface area contributed by atoms with Crippen molar-refractivity contribution in [3.63, 3.8) is 0 Å². The Bertz CT molecular complexity index is 1280. The van der Waals surface area contributed by atoms with E-state index in [9.17, 15) is 9.90 Å². The van der Waals surface area contributed by atoms with Gasteiger partial charge in [-0.1, -0.05) is 24.3 Å². The number of carboxylic acids is 1. The second-order valence-corrected chi connectivity index (χ2v) is 7.88. The van der Waals surface area contributed by atoms with Gasteiger partial charge in [0, 0.05) is 35.6 Å². The third kappa shape index (κ3) is 4.62. The summed E-state index contributed by atoms with van der Waals surface area (Å²) in [6.07, 6.45) is -0.120. The predicted molar refractivity (Wildman–Crippen MR) is 120 cm³/mol. The molecule has 1 atom stereocenters. The number of aliphatic carboxylic acids is 1. The molecule has 6 nitrogen and oxygen atoms in total. The zero-order valence-corrected chi connectivity index (χ0v) is 18.0. The second-order valence-electron chi connectivity index (χ2n) is 6.96. The molecule has 0 aliphatic carbocycles. The number of hydrogen-bond donors (Lipinski definition) is 1. The highest BCUT2D eigenvalue weighted by molar-refractivity contribution is 7.17. The Balaban J connectivity index is 1.48. The second kappa shape index (κ2) is 9.32. The predicted octanol–water partition coefficient (Wildman–Crippen LogP) is 5.13. The molecule has 0 aliphatic rings. The topological polar surface area (TPSA) is 81.8 Å². The molecule has 160 valence electrons. The molecule has 1 N–H and O–H groups in total. The van der Waals surface area contributed by atoms with Crippen molar-refractivity contribution in [3.05, 3.63) is 70.9 Å². The van der Waals surface area contributed by atoms with Gasteiger partial charge in [0.05, 0.1) is 15.0 Å². The molecule has 4 rings (SSSR count). The van der Waals surface area contributed by atoms with E-state index in [4.69, 9.17) is 16.6 Å². The summed E-state index contributed by atoms with van der Waals surface area (Å²) in [7, 11) is 1.40. The minimum atomic E-state index is -0.990. The highest BCUT2D eigenvalue weighted by atomic mass is 32.1. The SMILES string of the molecule is [2H]c1cccc([2H])c1-c1nc(CCOc2ccc(C[C@H](OC)C(=O)O)c3sccc23)c(C)o1. The Hall–Kier alpha value is -3.16. The molecule has 31 heavy (non-hydrogen) atoms. The normalized spacial score (nSPS) is 13.1. The Labute approximate surface area is 186 Å². The number of oxazole rings is 1. The molecule has 2 aromatic carbocycles. The summed E-state index contributed by atoms with van der Waals surface area (Å²) in [6, 6.07) is 11.0. The van der Waals surface area contributed by atoms with Gasteiger partial charge in [-0.25, -0.2) is 9.78 Å². The maximum atomic E-state index is 11.3. The lowest BCUT2D eigenvalue weighted by atomic mass is 10.1. The Morgan fingerprint density at radius 1 is 1.29 bits per heavy atom. The molecule has 2 aromatic heterocycles. The first kappa shape index (κ1) is 18.6. The van der Waals surface area contributed by atoms with Crippen LogP contribution in [0.4, 0.5) is 0 Å². The van der Waals surface area contributed by atoms with Gasteiger partial charge in [0.25, 0.3) is 0 Å². The number of fused-ring (bicyclic) bond motifs is 1. The monoisotopic (exact) mass is 439 g/mol. The molecule has 0 spiro atoms. The van der Waals surface area contributed by atoms with E-state index in [1.807, 2.05) is 30.5 Å².